The summed E-state index contributed by atoms with van der Waals surface area (Å²) < 4.78 is 5.30. The number of methoxy groups -OCH3 is 1. The van der Waals surface area contributed by atoms with Crippen molar-refractivity contribution >= 4 is 39.1 Å². The van der Waals surface area contributed by atoms with Crippen LogP contribution >= 0.6 is 27.5 Å². The molecule has 0 aromatic heterocycles. The summed E-state index contributed by atoms with van der Waals surface area (Å²) in [6.45, 7) is 0.523. The third-order valence-corrected chi connectivity index (χ3v) is 2.93. The maximum absolute atomic E-state index is 11.8. The van der Waals surface area contributed by atoms with Crippen molar-refractivity contribution < 1.29 is 14.5 Å². The molecule has 104 valence electrons. The molecule has 6 nitrogen and oxygen atoms in total. The van der Waals surface area contributed by atoms with E-state index in [0.29, 0.717) is 11.1 Å². The smallest absolute Gasteiger partial charge is 0.271 e. The zero-order chi connectivity index (χ0) is 14.4. The highest BCUT2D eigenvalue weighted by Gasteiger charge is 2.14. The second kappa shape index (κ2) is 7.42. The number of hydrogen-bond acceptors (Lipinski definition) is 4. The largest absolute Gasteiger partial charge is 0.383 e. The van der Waals surface area contributed by atoms with Gasteiger partial charge in [-0.25, -0.2) is 0 Å². The molecule has 1 amide bonds. The predicted octanol–water partition coefficient (Wildman–Crippen LogP) is 2.34. The number of nitrogens with zero attached hydrogens (tertiary/aromatic N) is 1. The zero-order valence-corrected chi connectivity index (χ0v) is 12.4. The number of nitro groups is 1. The average molecular weight is 352 g/mol. The number of rotatable bonds is 6. The van der Waals surface area contributed by atoms with Crippen molar-refractivity contribution in [3.63, 3.8) is 0 Å². The number of alkyl halides is 1. The van der Waals surface area contributed by atoms with Crippen LogP contribution in [0.2, 0.25) is 0 Å². The van der Waals surface area contributed by atoms with E-state index < -0.39 is 10.8 Å². The first kappa shape index (κ1) is 15.9. The summed E-state index contributed by atoms with van der Waals surface area (Å²) >= 11 is 8.99. The zero-order valence-electron chi connectivity index (χ0n) is 10.1. The number of nitrogens with one attached hydrogen (secondary N) is 1. The van der Waals surface area contributed by atoms with Crippen LogP contribution in [0.15, 0.2) is 22.7 Å². The molecule has 1 aromatic carbocycles. The SMILES string of the molecule is COCC(Cl)CNC(=O)c1cc(Br)cc([N+](=O)[O-])c1. The third-order valence-electron chi connectivity index (χ3n) is 2.19. The van der Waals surface area contributed by atoms with Crippen molar-refractivity contribution in [2.75, 3.05) is 20.3 Å². The Morgan fingerprint density at radius 1 is 1.58 bits per heavy atom. The normalized spacial score (nSPS) is 11.9. The fourth-order valence-electron chi connectivity index (χ4n) is 1.36. The molecule has 0 saturated carbocycles. The fourth-order valence-corrected chi connectivity index (χ4v) is 2.04. The molecule has 0 bridgehead atoms. The Balaban J connectivity index is 2.74. The second-order valence-corrected chi connectivity index (χ2v) is 5.25. The third kappa shape index (κ3) is 5.14. The van der Waals surface area contributed by atoms with Crippen LogP contribution in [0.3, 0.4) is 0 Å². The first-order valence-electron chi connectivity index (χ1n) is 5.30. The Morgan fingerprint density at radius 2 is 2.26 bits per heavy atom. The van der Waals surface area contributed by atoms with E-state index in [1.54, 1.807) is 0 Å². The monoisotopic (exact) mass is 350 g/mol. The molecule has 0 spiro atoms. The highest BCUT2D eigenvalue weighted by molar-refractivity contribution is 9.10. The van der Waals surface area contributed by atoms with Crippen LogP contribution in [0.1, 0.15) is 10.4 Å². The molecule has 19 heavy (non-hydrogen) atoms. The van der Waals surface area contributed by atoms with E-state index in [9.17, 15) is 14.9 Å². The van der Waals surface area contributed by atoms with Gasteiger partial charge in [0.15, 0.2) is 0 Å². The number of carbonyl (C=O) groups excluding carboxylic acids is 1. The lowest BCUT2D eigenvalue weighted by Gasteiger charge is -2.10. The van der Waals surface area contributed by atoms with Crippen LogP contribution in [-0.2, 0) is 4.74 Å². The fraction of sp³-hybridized carbons (Fsp3) is 0.364. The molecular weight excluding hydrogens is 339 g/mol. The van der Waals surface area contributed by atoms with Crippen molar-refractivity contribution in [3.05, 3.63) is 38.3 Å². The number of amides is 1. The van der Waals surface area contributed by atoms with Crippen molar-refractivity contribution in [1.82, 2.24) is 5.32 Å². The maximum atomic E-state index is 11.8. The van der Waals surface area contributed by atoms with E-state index in [0.717, 1.165) is 0 Å². The summed E-state index contributed by atoms with van der Waals surface area (Å²) in [7, 11) is 1.51. The van der Waals surface area contributed by atoms with Gasteiger partial charge in [0.25, 0.3) is 11.6 Å². The van der Waals surface area contributed by atoms with Crippen LogP contribution < -0.4 is 5.32 Å². The number of benzene rings is 1. The molecule has 1 atom stereocenters. The molecule has 0 radical (unpaired) electrons. The predicted molar refractivity (Wildman–Crippen MR) is 74.6 cm³/mol. The molecule has 1 aromatic rings. The van der Waals surface area contributed by atoms with Crippen LogP contribution in [-0.4, -0.2) is 36.5 Å². The standard InChI is InChI=1S/C11H12BrClN2O4/c1-19-6-9(13)5-14-11(16)7-2-8(12)4-10(3-7)15(17)18/h2-4,9H,5-6H2,1H3,(H,14,16). The summed E-state index contributed by atoms with van der Waals surface area (Å²) in [4.78, 5) is 22.0. The summed E-state index contributed by atoms with van der Waals surface area (Å²) in [6.07, 6.45) is 0. The van der Waals surface area contributed by atoms with Gasteiger partial charge in [0.1, 0.15) is 0 Å². The quantitative estimate of drug-likeness (QED) is 0.484. The highest BCUT2D eigenvalue weighted by atomic mass is 79.9. The van der Waals surface area contributed by atoms with Gasteiger partial charge in [0.2, 0.25) is 0 Å². The number of non-ortho nitro benzene ring substituents is 1. The molecule has 0 heterocycles. The molecule has 0 aliphatic rings. The van der Waals surface area contributed by atoms with E-state index in [-0.39, 0.29) is 23.2 Å². The number of halogens is 2. The Hall–Kier alpha value is -1.18. The molecule has 1 unspecified atom stereocenters. The number of carbonyl (C=O) groups is 1. The van der Waals surface area contributed by atoms with Gasteiger partial charge in [-0.15, -0.1) is 11.6 Å². The minimum Gasteiger partial charge on any atom is -0.383 e. The van der Waals surface area contributed by atoms with Crippen molar-refractivity contribution in [2.24, 2.45) is 0 Å². The molecule has 1 N–H and O–H groups in total. The minimum atomic E-state index is -0.559. The Bertz CT molecular complexity index is 484. The Labute approximate surface area is 123 Å². The summed E-state index contributed by atoms with van der Waals surface area (Å²) in [6, 6.07) is 4.04. The lowest BCUT2D eigenvalue weighted by atomic mass is 10.2. The van der Waals surface area contributed by atoms with Gasteiger partial charge in [0.05, 0.1) is 16.9 Å². The molecular formula is C11H12BrClN2O4. The summed E-state index contributed by atoms with van der Waals surface area (Å²) in [5, 5.41) is 12.9. The van der Waals surface area contributed by atoms with E-state index in [1.165, 1.54) is 25.3 Å². The van der Waals surface area contributed by atoms with Gasteiger partial charge < -0.3 is 10.1 Å². The average Bonchev–Trinajstić information content (AvgIpc) is 2.35. The number of ether oxygens (including phenoxy) is 1. The maximum Gasteiger partial charge on any atom is 0.271 e. The molecule has 0 saturated heterocycles. The van der Waals surface area contributed by atoms with Gasteiger partial charge in [-0.1, -0.05) is 15.9 Å². The molecule has 8 heteroatoms. The van der Waals surface area contributed by atoms with Gasteiger partial charge in [-0.3, -0.25) is 14.9 Å². The molecule has 0 aliphatic heterocycles. The van der Waals surface area contributed by atoms with E-state index >= 15 is 0 Å². The first-order valence-corrected chi connectivity index (χ1v) is 6.53. The van der Waals surface area contributed by atoms with Crippen LogP contribution in [0.5, 0.6) is 0 Å². The molecule has 1 rings (SSSR count). The van der Waals surface area contributed by atoms with Crippen LogP contribution in [0.4, 0.5) is 5.69 Å². The van der Waals surface area contributed by atoms with Crippen LogP contribution in [0, 0.1) is 10.1 Å². The van der Waals surface area contributed by atoms with Crippen molar-refractivity contribution in [3.8, 4) is 0 Å². The van der Waals surface area contributed by atoms with E-state index in [4.69, 9.17) is 16.3 Å². The van der Waals surface area contributed by atoms with Crippen LogP contribution in [0.25, 0.3) is 0 Å². The van der Waals surface area contributed by atoms with Gasteiger partial charge in [-0.05, 0) is 6.07 Å². The summed E-state index contributed by atoms with van der Waals surface area (Å²) in [5.74, 6) is -0.425. The first-order chi connectivity index (χ1) is 8.93. The van der Waals surface area contributed by atoms with Gasteiger partial charge in [-0.2, -0.15) is 0 Å². The minimum absolute atomic E-state index is 0.154. The lowest BCUT2D eigenvalue weighted by Crippen LogP contribution is -2.31. The highest BCUT2D eigenvalue weighted by Crippen LogP contribution is 2.21. The number of nitro benzene ring substituents is 1. The second-order valence-electron chi connectivity index (χ2n) is 3.72. The molecule has 0 fully saturated rings. The van der Waals surface area contributed by atoms with E-state index in [1.807, 2.05) is 0 Å². The molecule has 0 aliphatic carbocycles. The number of hydrogen-bond donors (Lipinski definition) is 1. The van der Waals surface area contributed by atoms with Crippen molar-refractivity contribution in [2.45, 2.75) is 5.38 Å². The van der Waals surface area contributed by atoms with E-state index in [2.05, 4.69) is 21.2 Å². The topological polar surface area (TPSA) is 81.5 Å². The van der Waals surface area contributed by atoms with Crippen molar-refractivity contribution in [1.29, 1.82) is 0 Å². The Morgan fingerprint density at radius 3 is 2.84 bits per heavy atom. The lowest BCUT2D eigenvalue weighted by molar-refractivity contribution is -0.385. The Kier molecular flexibility index (Phi) is 6.20. The van der Waals surface area contributed by atoms with Gasteiger partial charge >= 0.3 is 0 Å². The summed E-state index contributed by atoms with van der Waals surface area (Å²) in [5.41, 5.74) is 0.0428. The van der Waals surface area contributed by atoms with Gasteiger partial charge in [0, 0.05) is 35.8 Å².